The monoisotopic (exact) mass is 476 g/mol. The lowest BCUT2D eigenvalue weighted by Crippen LogP contribution is -2.50. The quantitative estimate of drug-likeness (QED) is 0.340. The summed E-state index contributed by atoms with van der Waals surface area (Å²) in [5.74, 6) is -1.24. The summed E-state index contributed by atoms with van der Waals surface area (Å²) >= 11 is 0. The van der Waals surface area contributed by atoms with E-state index < -0.39 is 33.6 Å². The van der Waals surface area contributed by atoms with Gasteiger partial charge in [-0.2, -0.15) is 4.72 Å². The molecule has 0 aliphatic carbocycles. The Labute approximate surface area is 191 Å². The number of esters is 1. The average molecular weight is 477 g/mol. The van der Waals surface area contributed by atoms with Crippen LogP contribution in [0.2, 0.25) is 0 Å². The van der Waals surface area contributed by atoms with Crippen molar-refractivity contribution in [2.75, 3.05) is 37.7 Å². The van der Waals surface area contributed by atoms with E-state index in [2.05, 4.69) is 4.72 Å². The minimum Gasteiger partial charge on any atom is -0.454 e. The van der Waals surface area contributed by atoms with Gasteiger partial charge in [-0.05, 0) is 31.2 Å². The highest BCUT2D eigenvalue weighted by molar-refractivity contribution is 7.89. The topological polar surface area (TPSA) is 139 Å². The smallest absolute Gasteiger partial charge is 0.324 e. The molecule has 1 N–H and O–H groups in total. The predicted octanol–water partition coefficient (Wildman–Crippen LogP) is 1.15. The molecule has 0 radical (unpaired) electrons. The van der Waals surface area contributed by atoms with Crippen molar-refractivity contribution in [1.29, 1.82) is 0 Å². The maximum Gasteiger partial charge on any atom is 0.324 e. The molecule has 1 amide bonds. The molecule has 0 unspecified atom stereocenters. The zero-order chi connectivity index (χ0) is 24.0. The van der Waals surface area contributed by atoms with Crippen molar-refractivity contribution < 1.29 is 27.7 Å². The van der Waals surface area contributed by atoms with E-state index in [1.807, 2.05) is 4.90 Å². The van der Waals surface area contributed by atoms with E-state index in [0.29, 0.717) is 26.2 Å². The lowest BCUT2D eigenvalue weighted by atomic mass is 10.2. The molecule has 0 aromatic heterocycles. The molecule has 3 rings (SSSR count). The van der Waals surface area contributed by atoms with Crippen molar-refractivity contribution in [3.05, 3.63) is 64.7 Å². The van der Waals surface area contributed by atoms with Gasteiger partial charge >= 0.3 is 5.97 Å². The average Bonchev–Trinajstić information content (AvgIpc) is 2.82. The van der Waals surface area contributed by atoms with Gasteiger partial charge in [0.25, 0.3) is 11.6 Å². The number of nitro benzene ring substituents is 1. The van der Waals surface area contributed by atoms with Crippen molar-refractivity contribution >= 4 is 33.3 Å². The molecular weight excluding hydrogens is 452 g/mol. The van der Waals surface area contributed by atoms with Gasteiger partial charge in [0.2, 0.25) is 10.0 Å². The van der Waals surface area contributed by atoms with Gasteiger partial charge in [0.15, 0.2) is 6.61 Å². The van der Waals surface area contributed by atoms with Crippen LogP contribution in [0.1, 0.15) is 6.92 Å². The molecular formula is C21H24N4O7S. The first kappa shape index (κ1) is 24.1. The van der Waals surface area contributed by atoms with Crippen LogP contribution >= 0.6 is 0 Å². The van der Waals surface area contributed by atoms with Gasteiger partial charge < -0.3 is 14.5 Å². The molecule has 33 heavy (non-hydrogen) atoms. The summed E-state index contributed by atoms with van der Waals surface area (Å²) in [6, 6.07) is 12.6. The Bertz CT molecular complexity index is 1100. The SMILES string of the molecule is C[C@H](NS(=O)(=O)c1ccccc1)C(=O)OCC(=O)N1CCN(c2ccc([N+](=O)[O-])cc2)CC1. The van der Waals surface area contributed by atoms with Gasteiger partial charge in [-0.15, -0.1) is 0 Å². The number of hydrogen-bond donors (Lipinski definition) is 1. The number of nitrogens with zero attached hydrogens (tertiary/aromatic N) is 3. The summed E-state index contributed by atoms with van der Waals surface area (Å²) in [4.78, 5) is 38.5. The molecule has 1 atom stereocenters. The zero-order valence-corrected chi connectivity index (χ0v) is 18.7. The number of amides is 1. The fourth-order valence-corrected chi connectivity index (χ4v) is 4.51. The predicted molar refractivity (Wildman–Crippen MR) is 119 cm³/mol. The van der Waals surface area contributed by atoms with E-state index in [-0.39, 0.29) is 16.5 Å². The standard InChI is InChI=1S/C21H24N4O7S/c1-16(22-33(30,31)19-5-3-2-4-6-19)21(27)32-15-20(26)24-13-11-23(12-14-24)17-7-9-18(10-8-17)25(28)29/h2-10,16,22H,11-15H2,1H3/t16-/m0/s1. The number of hydrogen-bond acceptors (Lipinski definition) is 8. The summed E-state index contributed by atoms with van der Waals surface area (Å²) in [5.41, 5.74) is 0.827. The maximum absolute atomic E-state index is 12.4. The number of anilines is 1. The molecule has 11 nitrogen and oxygen atoms in total. The largest absolute Gasteiger partial charge is 0.454 e. The third-order valence-electron chi connectivity index (χ3n) is 5.13. The molecule has 0 spiro atoms. The number of nitro groups is 1. The van der Waals surface area contributed by atoms with Crippen LogP contribution in [0.25, 0.3) is 0 Å². The van der Waals surface area contributed by atoms with E-state index in [4.69, 9.17) is 4.74 Å². The number of benzene rings is 2. The van der Waals surface area contributed by atoms with Crippen LogP contribution in [0.4, 0.5) is 11.4 Å². The Morgan fingerprint density at radius 3 is 2.24 bits per heavy atom. The van der Waals surface area contributed by atoms with Gasteiger partial charge in [-0.3, -0.25) is 19.7 Å². The molecule has 12 heteroatoms. The Balaban J connectivity index is 1.45. The van der Waals surface area contributed by atoms with Crippen molar-refractivity contribution in [3.8, 4) is 0 Å². The van der Waals surface area contributed by atoms with Crippen molar-refractivity contribution in [1.82, 2.24) is 9.62 Å². The molecule has 176 valence electrons. The second-order valence-electron chi connectivity index (χ2n) is 7.41. The molecule has 1 heterocycles. The van der Waals surface area contributed by atoms with Crippen LogP contribution < -0.4 is 9.62 Å². The third-order valence-corrected chi connectivity index (χ3v) is 6.69. The van der Waals surface area contributed by atoms with Crippen molar-refractivity contribution in [2.45, 2.75) is 17.9 Å². The number of sulfonamides is 1. The Hall–Kier alpha value is -3.51. The number of carbonyl (C=O) groups excluding carboxylic acids is 2. The highest BCUT2D eigenvalue weighted by Gasteiger charge is 2.26. The third kappa shape index (κ3) is 6.26. The molecule has 0 bridgehead atoms. The maximum atomic E-state index is 12.4. The number of non-ortho nitro benzene ring substituents is 1. The molecule has 2 aromatic carbocycles. The zero-order valence-electron chi connectivity index (χ0n) is 17.9. The highest BCUT2D eigenvalue weighted by atomic mass is 32.2. The Morgan fingerprint density at radius 1 is 1.06 bits per heavy atom. The summed E-state index contributed by atoms with van der Waals surface area (Å²) in [6.45, 7) is 2.67. The van der Waals surface area contributed by atoms with E-state index in [9.17, 15) is 28.1 Å². The van der Waals surface area contributed by atoms with Crippen LogP contribution in [0.3, 0.4) is 0 Å². The molecule has 1 fully saturated rings. The van der Waals surface area contributed by atoms with Crippen molar-refractivity contribution in [3.63, 3.8) is 0 Å². The van der Waals surface area contributed by atoms with E-state index >= 15 is 0 Å². The van der Waals surface area contributed by atoms with Crippen LogP contribution in [-0.2, 0) is 24.3 Å². The Kier molecular flexibility index (Phi) is 7.61. The molecule has 2 aromatic rings. The minimum absolute atomic E-state index is 0.00895. The normalized spacial score (nSPS) is 15.1. The lowest BCUT2D eigenvalue weighted by Gasteiger charge is -2.36. The van der Waals surface area contributed by atoms with E-state index in [1.165, 1.54) is 31.2 Å². The summed E-state index contributed by atoms with van der Waals surface area (Å²) in [6.07, 6.45) is 0. The van der Waals surface area contributed by atoms with E-state index in [1.54, 1.807) is 35.2 Å². The summed E-state index contributed by atoms with van der Waals surface area (Å²) < 4.78 is 31.8. The molecule has 1 aliphatic heterocycles. The van der Waals surface area contributed by atoms with Crippen LogP contribution in [0.5, 0.6) is 0 Å². The van der Waals surface area contributed by atoms with Gasteiger partial charge in [-0.25, -0.2) is 8.42 Å². The fraction of sp³-hybridized carbons (Fsp3) is 0.333. The molecule has 1 aliphatic rings. The number of nitrogens with one attached hydrogen (secondary N) is 1. The van der Waals surface area contributed by atoms with Crippen LogP contribution in [0, 0.1) is 10.1 Å². The van der Waals surface area contributed by atoms with Crippen molar-refractivity contribution in [2.24, 2.45) is 0 Å². The molecule has 1 saturated heterocycles. The number of rotatable bonds is 8. The van der Waals surface area contributed by atoms with Gasteiger partial charge in [-0.1, -0.05) is 18.2 Å². The minimum atomic E-state index is -3.89. The second kappa shape index (κ2) is 10.4. The highest BCUT2D eigenvalue weighted by Crippen LogP contribution is 2.20. The number of ether oxygens (including phenoxy) is 1. The first-order valence-electron chi connectivity index (χ1n) is 10.2. The second-order valence-corrected chi connectivity index (χ2v) is 9.12. The van der Waals surface area contributed by atoms with Gasteiger partial charge in [0.1, 0.15) is 6.04 Å². The first-order valence-corrected chi connectivity index (χ1v) is 11.7. The van der Waals surface area contributed by atoms with Gasteiger partial charge in [0.05, 0.1) is 9.82 Å². The van der Waals surface area contributed by atoms with Crippen LogP contribution in [0.15, 0.2) is 59.5 Å². The summed E-state index contributed by atoms with van der Waals surface area (Å²) in [5, 5.41) is 10.8. The fourth-order valence-electron chi connectivity index (χ4n) is 3.30. The first-order chi connectivity index (χ1) is 15.7. The summed E-state index contributed by atoms with van der Waals surface area (Å²) in [7, 11) is -3.89. The van der Waals surface area contributed by atoms with E-state index in [0.717, 1.165) is 5.69 Å². The Morgan fingerprint density at radius 2 is 1.67 bits per heavy atom. The number of carbonyl (C=O) groups is 2. The number of piperazine rings is 1. The lowest BCUT2D eigenvalue weighted by molar-refractivity contribution is -0.384. The van der Waals surface area contributed by atoms with Gasteiger partial charge in [0, 0.05) is 44.0 Å². The molecule has 0 saturated carbocycles. The van der Waals surface area contributed by atoms with Crippen LogP contribution in [-0.4, -0.2) is 68.9 Å².